The Hall–Kier alpha value is -2.86. The summed E-state index contributed by atoms with van der Waals surface area (Å²) in [4.78, 5) is 13.2. The first kappa shape index (κ1) is 17.9. The van der Waals surface area contributed by atoms with Gasteiger partial charge in [-0.2, -0.15) is 0 Å². The Labute approximate surface area is 156 Å². The van der Waals surface area contributed by atoms with E-state index in [2.05, 4.69) is 34.6 Å². The van der Waals surface area contributed by atoms with Crippen LogP contribution in [0.4, 0.5) is 6.01 Å². The fraction of sp³-hybridized carbons (Fsp3) is 0.150. The second kappa shape index (κ2) is 9.01. The van der Waals surface area contributed by atoms with E-state index in [1.165, 1.54) is 11.0 Å². The highest BCUT2D eigenvalue weighted by Crippen LogP contribution is 2.19. The predicted molar refractivity (Wildman–Crippen MR) is 104 cm³/mol. The fourth-order valence-corrected chi connectivity index (χ4v) is 2.97. The van der Waals surface area contributed by atoms with Gasteiger partial charge in [-0.3, -0.25) is 10.1 Å². The van der Waals surface area contributed by atoms with Crippen LogP contribution in [0.2, 0.25) is 0 Å². The van der Waals surface area contributed by atoms with Crippen LogP contribution < -0.4 is 5.32 Å². The molecule has 0 atom stereocenters. The summed E-state index contributed by atoms with van der Waals surface area (Å²) < 4.78 is 5.49. The Bertz CT molecular complexity index is 874. The van der Waals surface area contributed by atoms with Gasteiger partial charge in [-0.1, -0.05) is 54.5 Å². The first-order valence-electron chi connectivity index (χ1n) is 8.31. The monoisotopic (exact) mass is 365 g/mol. The molecule has 5 nitrogen and oxygen atoms in total. The van der Waals surface area contributed by atoms with Crippen molar-refractivity contribution in [3.05, 3.63) is 77.7 Å². The van der Waals surface area contributed by atoms with E-state index < -0.39 is 0 Å². The Morgan fingerprint density at radius 3 is 2.62 bits per heavy atom. The van der Waals surface area contributed by atoms with E-state index in [9.17, 15) is 4.79 Å². The molecule has 0 radical (unpaired) electrons. The average molecular weight is 365 g/mol. The zero-order chi connectivity index (χ0) is 18.2. The van der Waals surface area contributed by atoms with Crippen LogP contribution in [0.25, 0.3) is 6.08 Å². The molecule has 0 saturated heterocycles. The zero-order valence-electron chi connectivity index (χ0n) is 14.4. The largest absolute Gasteiger partial charge is 0.407 e. The number of aromatic nitrogens is 2. The van der Waals surface area contributed by atoms with Gasteiger partial charge in [0.05, 0.1) is 6.42 Å². The molecule has 0 aliphatic rings. The SMILES string of the molecule is CCSc1ccc(Cc2nnc(NC(=O)/C=C/c3ccccc3)o2)cc1. The molecule has 6 heteroatoms. The van der Waals surface area contributed by atoms with Gasteiger partial charge in [-0.25, -0.2) is 0 Å². The average Bonchev–Trinajstić information content (AvgIpc) is 3.09. The van der Waals surface area contributed by atoms with Crippen molar-refractivity contribution >= 4 is 29.8 Å². The quantitative estimate of drug-likeness (QED) is 0.496. The van der Waals surface area contributed by atoms with E-state index in [4.69, 9.17) is 4.42 Å². The molecule has 0 aliphatic carbocycles. The summed E-state index contributed by atoms with van der Waals surface area (Å²) in [5, 5.41) is 10.4. The van der Waals surface area contributed by atoms with Gasteiger partial charge < -0.3 is 4.42 Å². The first-order chi connectivity index (χ1) is 12.7. The highest BCUT2D eigenvalue weighted by atomic mass is 32.2. The van der Waals surface area contributed by atoms with Crippen LogP contribution in [0.15, 0.2) is 70.0 Å². The van der Waals surface area contributed by atoms with Gasteiger partial charge in [-0.05, 0) is 35.1 Å². The van der Waals surface area contributed by atoms with E-state index in [1.54, 1.807) is 17.8 Å². The number of thioether (sulfide) groups is 1. The summed E-state index contributed by atoms with van der Waals surface area (Å²) >= 11 is 1.80. The maximum atomic E-state index is 11.9. The highest BCUT2D eigenvalue weighted by Gasteiger charge is 2.09. The molecule has 2 aromatic carbocycles. The Balaban J connectivity index is 1.55. The van der Waals surface area contributed by atoms with Crippen molar-refractivity contribution in [1.82, 2.24) is 10.2 Å². The molecule has 1 aromatic heterocycles. The summed E-state index contributed by atoms with van der Waals surface area (Å²) in [5.41, 5.74) is 2.02. The first-order valence-corrected chi connectivity index (χ1v) is 9.29. The van der Waals surface area contributed by atoms with E-state index in [0.717, 1.165) is 16.9 Å². The van der Waals surface area contributed by atoms with Gasteiger partial charge in [0.25, 0.3) is 5.91 Å². The minimum absolute atomic E-state index is 0.0980. The second-order valence-corrected chi connectivity index (χ2v) is 6.83. The number of benzene rings is 2. The van der Waals surface area contributed by atoms with Crippen molar-refractivity contribution in [1.29, 1.82) is 0 Å². The number of anilines is 1. The second-order valence-electron chi connectivity index (χ2n) is 5.49. The Kier molecular flexibility index (Phi) is 6.22. The fourth-order valence-electron chi connectivity index (χ4n) is 2.30. The predicted octanol–water partition coefficient (Wildman–Crippen LogP) is 4.42. The molecule has 0 aliphatic heterocycles. The lowest BCUT2D eigenvalue weighted by molar-refractivity contribution is -0.112. The van der Waals surface area contributed by atoms with Crippen LogP contribution in [0.5, 0.6) is 0 Å². The maximum absolute atomic E-state index is 11.9. The van der Waals surface area contributed by atoms with Crippen molar-refractivity contribution in [2.45, 2.75) is 18.2 Å². The van der Waals surface area contributed by atoms with Gasteiger partial charge in [0.15, 0.2) is 0 Å². The molecule has 3 aromatic rings. The van der Waals surface area contributed by atoms with E-state index in [0.29, 0.717) is 12.3 Å². The number of carbonyl (C=O) groups is 1. The van der Waals surface area contributed by atoms with Crippen LogP contribution in [0.3, 0.4) is 0 Å². The molecule has 0 bridgehead atoms. The van der Waals surface area contributed by atoms with Crippen LogP contribution in [0, 0.1) is 0 Å². The molecular weight excluding hydrogens is 346 g/mol. The molecule has 1 heterocycles. The third kappa shape index (κ3) is 5.32. The van der Waals surface area contributed by atoms with E-state index >= 15 is 0 Å². The van der Waals surface area contributed by atoms with Crippen LogP contribution in [-0.2, 0) is 11.2 Å². The van der Waals surface area contributed by atoms with Crippen molar-refractivity contribution in [3.8, 4) is 0 Å². The summed E-state index contributed by atoms with van der Waals surface area (Å²) in [6.45, 7) is 2.13. The molecule has 1 amide bonds. The molecule has 3 rings (SSSR count). The number of hydrogen-bond acceptors (Lipinski definition) is 5. The number of nitrogens with one attached hydrogen (secondary N) is 1. The topological polar surface area (TPSA) is 68.0 Å². The standard InChI is InChI=1S/C20H19N3O2S/c1-2-26-17-11-8-16(9-12-17)14-19-22-23-20(25-19)21-18(24)13-10-15-6-4-3-5-7-15/h3-13H,2,14H2,1H3,(H,21,23,24)/b13-10+. The van der Waals surface area contributed by atoms with E-state index in [1.807, 2.05) is 42.5 Å². The summed E-state index contributed by atoms with van der Waals surface area (Å²) in [6, 6.07) is 17.9. The number of nitrogens with zero attached hydrogens (tertiary/aromatic N) is 2. The Morgan fingerprint density at radius 1 is 1.12 bits per heavy atom. The molecule has 0 unspecified atom stereocenters. The lowest BCUT2D eigenvalue weighted by Crippen LogP contribution is -2.07. The number of rotatable bonds is 7. The number of amides is 1. The molecule has 1 N–H and O–H groups in total. The highest BCUT2D eigenvalue weighted by molar-refractivity contribution is 7.99. The Morgan fingerprint density at radius 2 is 1.88 bits per heavy atom. The van der Waals surface area contributed by atoms with Crippen molar-refractivity contribution in [2.24, 2.45) is 0 Å². The van der Waals surface area contributed by atoms with Gasteiger partial charge in [0.1, 0.15) is 0 Å². The van der Waals surface area contributed by atoms with E-state index in [-0.39, 0.29) is 11.9 Å². The summed E-state index contributed by atoms with van der Waals surface area (Å²) in [5.74, 6) is 1.19. The summed E-state index contributed by atoms with van der Waals surface area (Å²) in [6.07, 6.45) is 3.69. The zero-order valence-corrected chi connectivity index (χ0v) is 15.2. The smallest absolute Gasteiger partial charge is 0.322 e. The molecule has 26 heavy (non-hydrogen) atoms. The molecule has 0 fully saturated rings. The molecule has 0 saturated carbocycles. The third-order valence-corrected chi connectivity index (χ3v) is 4.41. The van der Waals surface area contributed by atoms with Gasteiger partial charge in [0.2, 0.25) is 5.89 Å². The van der Waals surface area contributed by atoms with Crippen LogP contribution in [0.1, 0.15) is 23.9 Å². The van der Waals surface area contributed by atoms with Crippen LogP contribution in [-0.4, -0.2) is 21.9 Å². The van der Waals surface area contributed by atoms with Gasteiger partial charge >= 0.3 is 6.01 Å². The lowest BCUT2D eigenvalue weighted by Gasteiger charge is -2.00. The number of hydrogen-bond donors (Lipinski definition) is 1. The number of carbonyl (C=O) groups excluding carboxylic acids is 1. The van der Waals surface area contributed by atoms with Crippen LogP contribution >= 0.6 is 11.8 Å². The maximum Gasteiger partial charge on any atom is 0.322 e. The third-order valence-electron chi connectivity index (χ3n) is 3.51. The lowest BCUT2D eigenvalue weighted by atomic mass is 10.1. The summed E-state index contributed by atoms with van der Waals surface area (Å²) in [7, 11) is 0. The van der Waals surface area contributed by atoms with Crippen molar-refractivity contribution < 1.29 is 9.21 Å². The minimum atomic E-state index is -0.315. The van der Waals surface area contributed by atoms with Gasteiger partial charge in [-0.15, -0.1) is 16.9 Å². The van der Waals surface area contributed by atoms with Crippen molar-refractivity contribution in [3.63, 3.8) is 0 Å². The molecule has 132 valence electrons. The molecule has 0 spiro atoms. The molecular formula is C20H19N3O2S. The van der Waals surface area contributed by atoms with Gasteiger partial charge in [0, 0.05) is 11.0 Å². The normalized spacial score (nSPS) is 11.0. The van der Waals surface area contributed by atoms with Crippen molar-refractivity contribution in [2.75, 3.05) is 11.1 Å². The minimum Gasteiger partial charge on any atom is -0.407 e.